The van der Waals surface area contributed by atoms with Crippen LogP contribution in [-0.4, -0.2) is 32.0 Å². The van der Waals surface area contributed by atoms with Gasteiger partial charge in [0.15, 0.2) is 11.5 Å². The van der Waals surface area contributed by atoms with Crippen LogP contribution < -0.4 is 11.1 Å². The molecule has 0 unspecified atom stereocenters. The van der Waals surface area contributed by atoms with E-state index in [0.29, 0.717) is 18.1 Å². The lowest BCUT2D eigenvalue weighted by molar-refractivity contribution is 0.400. The van der Waals surface area contributed by atoms with Crippen molar-refractivity contribution < 1.29 is 10.2 Å². The fraction of sp³-hybridized carbons (Fsp3) is 0.444. The zero-order valence-electron chi connectivity index (χ0n) is 16.4. The quantitative estimate of drug-likeness (QED) is 0.499. The highest BCUT2D eigenvalue weighted by atomic mass is 16.3. The topological polar surface area (TPSA) is 109 Å². The summed E-state index contributed by atoms with van der Waals surface area (Å²) >= 11 is 0. The maximum absolute atomic E-state index is 9.62. The Morgan fingerprint density at radius 1 is 1.12 bits per heavy atom. The fourth-order valence-corrected chi connectivity index (χ4v) is 1.46. The summed E-state index contributed by atoms with van der Waals surface area (Å²) in [5.41, 5.74) is 5.10. The molecule has 0 spiro atoms. The van der Waals surface area contributed by atoms with Crippen LogP contribution in [-0.2, 0) is 13.6 Å². The number of allylic oxidation sites excluding steroid dienone is 2. The minimum atomic E-state index is -0.126. The molecule has 1 aromatic carbocycles. The standard InChI is InChI=1S/C11H14N4O2.C4H8.C2H6.CH5N/c1-7-13-14-11(15(7)2)12-6-8-4-3-5-9(16)10(8)17;1-3-4-2;2*1-2/h3-5,16-17H,6H2,1-2H3,(H,12,14);3-4H,1-2H3;1-2H3;2H2,1H3/b;4-3-;;. The van der Waals surface area contributed by atoms with Gasteiger partial charge in [-0.2, -0.15) is 0 Å². The molecule has 2 rings (SSSR count). The van der Waals surface area contributed by atoms with E-state index < -0.39 is 0 Å². The first-order chi connectivity index (χ1) is 12.0. The van der Waals surface area contributed by atoms with Crippen LogP contribution in [0.2, 0.25) is 0 Å². The predicted molar refractivity (Wildman–Crippen MR) is 105 cm³/mol. The Kier molecular flexibility index (Phi) is 14.8. The van der Waals surface area contributed by atoms with Gasteiger partial charge in [-0.3, -0.25) is 0 Å². The van der Waals surface area contributed by atoms with Crippen molar-refractivity contribution in [1.82, 2.24) is 14.8 Å². The van der Waals surface area contributed by atoms with E-state index >= 15 is 0 Å². The molecule has 0 saturated heterocycles. The number of benzene rings is 1. The monoisotopic (exact) mass is 351 g/mol. The van der Waals surface area contributed by atoms with Crippen LogP contribution in [0.25, 0.3) is 0 Å². The lowest BCUT2D eigenvalue weighted by atomic mass is 10.2. The smallest absolute Gasteiger partial charge is 0.224 e. The van der Waals surface area contributed by atoms with Gasteiger partial charge < -0.3 is 25.8 Å². The predicted octanol–water partition coefficient (Wildman–Crippen LogP) is 3.33. The number of para-hydroxylation sites is 1. The van der Waals surface area contributed by atoms with Gasteiger partial charge in [-0.1, -0.05) is 38.1 Å². The van der Waals surface area contributed by atoms with Gasteiger partial charge in [0.25, 0.3) is 0 Å². The number of aromatic hydroxyl groups is 2. The molecule has 0 aliphatic heterocycles. The third-order valence-corrected chi connectivity index (χ3v) is 2.96. The van der Waals surface area contributed by atoms with Crippen LogP contribution in [0.1, 0.15) is 39.1 Å². The summed E-state index contributed by atoms with van der Waals surface area (Å²) in [6.45, 7) is 10.2. The van der Waals surface area contributed by atoms with Crippen LogP contribution in [0.3, 0.4) is 0 Å². The zero-order chi connectivity index (χ0) is 19.8. The van der Waals surface area contributed by atoms with Gasteiger partial charge in [0, 0.05) is 19.2 Å². The summed E-state index contributed by atoms with van der Waals surface area (Å²) in [6, 6.07) is 4.84. The first kappa shape index (κ1) is 24.7. The Balaban J connectivity index is 0. The van der Waals surface area contributed by atoms with Gasteiger partial charge in [0.05, 0.1) is 0 Å². The van der Waals surface area contributed by atoms with E-state index in [1.807, 2.05) is 53.8 Å². The molecule has 0 atom stereocenters. The number of nitrogens with two attached hydrogens (primary N) is 1. The lowest BCUT2D eigenvalue weighted by Gasteiger charge is -2.08. The highest BCUT2D eigenvalue weighted by molar-refractivity contribution is 5.45. The van der Waals surface area contributed by atoms with E-state index in [0.717, 1.165) is 5.82 Å². The maximum atomic E-state index is 9.62. The molecule has 0 aliphatic carbocycles. The minimum absolute atomic E-state index is 0.112. The van der Waals surface area contributed by atoms with Crippen molar-refractivity contribution >= 4 is 5.95 Å². The number of phenols is 2. The van der Waals surface area contributed by atoms with E-state index in [9.17, 15) is 10.2 Å². The molecule has 5 N–H and O–H groups in total. The van der Waals surface area contributed by atoms with Gasteiger partial charge in [0.1, 0.15) is 5.82 Å². The van der Waals surface area contributed by atoms with E-state index in [1.165, 1.54) is 13.1 Å². The van der Waals surface area contributed by atoms with E-state index in [4.69, 9.17) is 0 Å². The van der Waals surface area contributed by atoms with Crippen LogP contribution in [0.4, 0.5) is 5.95 Å². The molecule has 1 aromatic heterocycles. The van der Waals surface area contributed by atoms with Crippen LogP contribution in [0, 0.1) is 6.92 Å². The van der Waals surface area contributed by atoms with Crippen molar-refractivity contribution in [2.45, 2.75) is 41.2 Å². The number of phenolic OH excluding ortho intramolecular Hbond substituents is 2. The summed E-state index contributed by atoms with van der Waals surface area (Å²) in [5, 5.41) is 29.8. The molecule has 2 aromatic rings. The molecule has 0 bridgehead atoms. The molecule has 25 heavy (non-hydrogen) atoms. The van der Waals surface area contributed by atoms with Gasteiger partial charge in [0.2, 0.25) is 5.95 Å². The minimum Gasteiger partial charge on any atom is -0.504 e. The highest BCUT2D eigenvalue weighted by Crippen LogP contribution is 2.28. The highest BCUT2D eigenvalue weighted by Gasteiger charge is 2.08. The molecule has 0 amide bonds. The molecule has 0 radical (unpaired) electrons. The molecular weight excluding hydrogens is 318 g/mol. The van der Waals surface area contributed by atoms with Crippen molar-refractivity contribution in [3.05, 3.63) is 41.7 Å². The van der Waals surface area contributed by atoms with Crippen molar-refractivity contribution in [1.29, 1.82) is 0 Å². The molecule has 0 saturated carbocycles. The van der Waals surface area contributed by atoms with Crippen LogP contribution >= 0.6 is 0 Å². The van der Waals surface area contributed by atoms with E-state index in [-0.39, 0.29) is 11.5 Å². The molecule has 7 heteroatoms. The number of aromatic nitrogens is 3. The Morgan fingerprint density at radius 3 is 2.12 bits per heavy atom. The average Bonchev–Trinajstić information content (AvgIpc) is 2.98. The zero-order valence-corrected chi connectivity index (χ0v) is 16.4. The first-order valence-corrected chi connectivity index (χ1v) is 8.26. The Hall–Kier alpha value is -2.54. The molecule has 1 heterocycles. The second-order valence-electron chi connectivity index (χ2n) is 4.43. The van der Waals surface area contributed by atoms with E-state index in [2.05, 4.69) is 21.2 Å². The largest absolute Gasteiger partial charge is 0.504 e. The van der Waals surface area contributed by atoms with Crippen molar-refractivity contribution in [3.63, 3.8) is 0 Å². The summed E-state index contributed by atoms with van der Waals surface area (Å²) in [7, 11) is 3.35. The normalized spacial score (nSPS) is 9.12. The van der Waals surface area contributed by atoms with Gasteiger partial charge >= 0.3 is 0 Å². The van der Waals surface area contributed by atoms with Gasteiger partial charge in [-0.25, -0.2) is 0 Å². The van der Waals surface area contributed by atoms with Crippen molar-refractivity contribution in [2.75, 3.05) is 12.4 Å². The number of hydrogen-bond acceptors (Lipinski definition) is 6. The summed E-state index contributed by atoms with van der Waals surface area (Å²) < 4.78 is 1.81. The Labute approximate surface area is 151 Å². The van der Waals surface area contributed by atoms with Gasteiger partial charge in [-0.05, 0) is 33.9 Å². The number of nitrogens with one attached hydrogen (secondary N) is 1. The van der Waals surface area contributed by atoms with Gasteiger partial charge in [-0.15, -0.1) is 10.2 Å². The number of rotatable bonds is 3. The molecular formula is C18H33N5O2. The second kappa shape index (κ2) is 15.0. The second-order valence-corrected chi connectivity index (χ2v) is 4.43. The summed E-state index contributed by atoms with van der Waals surface area (Å²) in [5.74, 6) is 1.18. The van der Waals surface area contributed by atoms with Crippen molar-refractivity contribution in [2.24, 2.45) is 12.8 Å². The number of anilines is 1. The number of hydrogen-bond donors (Lipinski definition) is 4. The summed E-state index contributed by atoms with van der Waals surface area (Å²) in [4.78, 5) is 0. The molecule has 0 aliphatic rings. The van der Waals surface area contributed by atoms with Crippen molar-refractivity contribution in [3.8, 4) is 11.5 Å². The van der Waals surface area contributed by atoms with Crippen LogP contribution in [0.15, 0.2) is 30.4 Å². The summed E-state index contributed by atoms with van der Waals surface area (Å²) in [6.07, 6.45) is 4.00. The lowest BCUT2D eigenvalue weighted by Crippen LogP contribution is -2.05. The Morgan fingerprint density at radius 2 is 1.68 bits per heavy atom. The molecule has 7 nitrogen and oxygen atoms in total. The maximum Gasteiger partial charge on any atom is 0.224 e. The SMILES string of the molecule is C/C=C\C.CC.CN.Cc1nnc(NCc2cccc(O)c2O)n1C. The third-order valence-electron chi connectivity index (χ3n) is 2.96. The fourth-order valence-electron chi connectivity index (χ4n) is 1.46. The third kappa shape index (κ3) is 8.76. The number of aryl methyl sites for hydroxylation is 1. The average molecular weight is 351 g/mol. The first-order valence-electron chi connectivity index (χ1n) is 8.26. The van der Waals surface area contributed by atoms with Crippen LogP contribution in [0.5, 0.6) is 11.5 Å². The molecule has 0 fully saturated rings. The molecule has 142 valence electrons. The number of nitrogens with zero attached hydrogens (tertiary/aromatic N) is 3. The Bertz CT molecular complexity index is 606. The van der Waals surface area contributed by atoms with E-state index in [1.54, 1.807) is 16.7 Å².